The lowest BCUT2D eigenvalue weighted by Gasteiger charge is -2.15. The molecule has 8 heteroatoms. The van der Waals surface area contributed by atoms with Crippen molar-refractivity contribution in [3.8, 4) is 5.69 Å². The number of halogens is 2. The highest BCUT2D eigenvalue weighted by Crippen LogP contribution is 2.27. The molecular formula is C26H26ClFN4O2. The third-order valence-corrected chi connectivity index (χ3v) is 6.34. The highest BCUT2D eigenvalue weighted by molar-refractivity contribution is 6.33. The first kappa shape index (κ1) is 23.7. The van der Waals surface area contributed by atoms with Gasteiger partial charge in [-0.05, 0) is 70.0 Å². The maximum atomic E-state index is 13.5. The van der Waals surface area contributed by atoms with Gasteiger partial charge < -0.3 is 5.32 Å². The fourth-order valence-electron chi connectivity index (χ4n) is 4.27. The Hall–Kier alpha value is -3.45. The van der Waals surface area contributed by atoms with E-state index < -0.39 is 5.82 Å². The van der Waals surface area contributed by atoms with Gasteiger partial charge in [-0.25, -0.2) is 9.07 Å². The highest BCUT2D eigenvalue weighted by atomic mass is 35.5. The van der Waals surface area contributed by atoms with Gasteiger partial charge >= 0.3 is 0 Å². The summed E-state index contributed by atoms with van der Waals surface area (Å²) in [4.78, 5) is 26.0. The van der Waals surface area contributed by atoms with Gasteiger partial charge in [-0.15, -0.1) is 0 Å². The lowest BCUT2D eigenvalue weighted by Crippen LogP contribution is -2.27. The van der Waals surface area contributed by atoms with Gasteiger partial charge in [0.15, 0.2) is 0 Å². The molecule has 6 nitrogen and oxygen atoms in total. The standard InChI is InChI=1S/C26H26ClFN4O2/c1-5-31-25-24(17(4)30-32(25)19-9-6-15(2)7-10-19)16(3)20(26(31)34)11-13-23(33)29-22-12-8-18(28)14-21(22)27/h6-10,12,14H,5,11,13H2,1-4H3,(H,29,33). The lowest BCUT2D eigenvalue weighted by molar-refractivity contribution is -0.116. The van der Waals surface area contributed by atoms with Crippen molar-refractivity contribution in [2.45, 2.75) is 47.1 Å². The van der Waals surface area contributed by atoms with Crippen LogP contribution >= 0.6 is 11.6 Å². The van der Waals surface area contributed by atoms with Gasteiger partial charge in [0.05, 0.1) is 22.1 Å². The average molecular weight is 481 g/mol. The summed E-state index contributed by atoms with van der Waals surface area (Å²) >= 11 is 6.01. The summed E-state index contributed by atoms with van der Waals surface area (Å²) in [6.45, 7) is 8.25. The highest BCUT2D eigenvalue weighted by Gasteiger charge is 2.21. The van der Waals surface area contributed by atoms with Crippen molar-refractivity contribution in [1.82, 2.24) is 14.3 Å². The third-order valence-electron chi connectivity index (χ3n) is 6.02. The van der Waals surface area contributed by atoms with E-state index in [0.717, 1.165) is 39.6 Å². The number of aryl methyl sites for hydroxylation is 4. The molecule has 0 saturated carbocycles. The largest absolute Gasteiger partial charge is 0.325 e. The second kappa shape index (κ2) is 9.43. The molecule has 0 aliphatic heterocycles. The molecule has 176 valence electrons. The maximum Gasteiger partial charge on any atom is 0.255 e. The predicted molar refractivity (Wildman–Crippen MR) is 134 cm³/mol. The van der Waals surface area contributed by atoms with Crippen LogP contribution in [0.25, 0.3) is 16.7 Å². The van der Waals surface area contributed by atoms with Crippen LogP contribution in [0, 0.1) is 26.6 Å². The third kappa shape index (κ3) is 4.35. The van der Waals surface area contributed by atoms with Crippen LogP contribution in [-0.4, -0.2) is 20.3 Å². The number of amides is 1. The minimum Gasteiger partial charge on any atom is -0.325 e. The Kier molecular flexibility index (Phi) is 6.57. The summed E-state index contributed by atoms with van der Waals surface area (Å²) in [5, 5.41) is 8.47. The lowest BCUT2D eigenvalue weighted by atomic mass is 10.0. The summed E-state index contributed by atoms with van der Waals surface area (Å²) in [7, 11) is 0. The van der Waals surface area contributed by atoms with Crippen molar-refractivity contribution < 1.29 is 9.18 Å². The Morgan fingerprint density at radius 3 is 2.47 bits per heavy atom. The van der Waals surface area contributed by atoms with Gasteiger partial charge in [-0.2, -0.15) is 5.10 Å². The number of nitrogens with one attached hydrogen (secondary N) is 1. The van der Waals surface area contributed by atoms with Crippen molar-refractivity contribution in [2.24, 2.45) is 0 Å². The number of fused-ring (bicyclic) bond motifs is 1. The van der Waals surface area contributed by atoms with Gasteiger partial charge in [0.25, 0.3) is 5.56 Å². The van der Waals surface area contributed by atoms with Crippen LogP contribution in [0.5, 0.6) is 0 Å². The second-order valence-electron chi connectivity index (χ2n) is 8.36. The van der Waals surface area contributed by atoms with Crippen LogP contribution in [0.1, 0.15) is 35.7 Å². The molecule has 1 N–H and O–H groups in total. The molecule has 0 bridgehead atoms. The zero-order valence-electron chi connectivity index (χ0n) is 19.6. The monoisotopic (exact) mass is 480 g/mol. The van der Waals surface area contributed by atoms with E-state index in [2.05, 4.69) is 5.32 Å². The second-order valence-corrected chi connectivity index (χ2v) is 8.76. The maximum absolute atomic E-state index is 13.5. The first-order valence-electron chi connectivity index (χ1n) is 11.1. The minimum absolute atomic E-state index is 0.0875. The number of carbonyl (C=O) groups is 1. The zero-order valence-corrected chi connectivity index (χ0v) is 20.3. The van der Waals surface area contributed by atoms with Crippen LogP contribution in [0.2, 0.25) is 5.02 Å². The number of anilines is 1. The quantitative estimate of drug-likeness (QED) is 0.396. The zero-order chi connectivity index (χ0) is 24.6. The number of pyridine rings is 1. The summed E-state index contributed by atoms with van der Waals surface area (Å²) < 4.78 is 16.8. The molecule has 4 rings (SSSR count). The molecule has 2 aromatic heterocycles. The SMILES string of the molecule is CCn1c(=O)c(CCC(=O)Nc2ccc(F)cc2Cl)c(C)c2c(C)nn(-c3ccc(C)cc3)c21. The fraction of sp³-hybridized carbons (Fsp3) is 0.269. The summed E-state index contributed by atoms with van der Waals surface area (Å²) in [5.41, 5.74) is 5.21. The van der Waals surface area contributed by atoms with E-state index in [-0.39, 0.29) is 29.3 Å². The minimum atomic E-state index is -0.478. The van der Waals surface area contributed by atoms with E-state index >= 15 is 0 Å². The average Bonchev–Trinajstić information content (AvgIpc) is 3.13. The molecule has 0 radical (unpaired) electrons. The van der Waals surface area contributed by atoms with Crippen molar-refractivity contribution in [2.75, 3.05) is 5.32 Å². The predicted octanol–water partition coefficient (Wildman–Crippen LogP) is 5.50. The number of hydrogen-bond donors (Lipinski definition) is 1. The van der Waals surface area contributed by atoms with Gasteiger partial charge in [0.1, 0.15) is 11.5 Å². The Labute approximate surface area is 202 Å². The Morgan fingerprint density at radius 1 is 1.12 bits per heavy atom. The van der Waals surface area contributed by atoms with E-state index in [0.29, 0.717) is 17.8 Å². The van der Waals surface area contributed by atoms with Crippen LogP contribution in [0.15, 0.2) is 47.3 Å². The molecule has 0 aliphatic carbocycles. The molecule has 2 heterocycles. The normalized spacial score (nSPS) is 11.2. The molecule has 0 saturated heterocycles. The van der Waals surface area contributed by atoms with E-state index in [1.807, 2.05) is 56.6 Å². The van der Waals surface area contributed by atoms with Crippen LogP contribution < -0.4 is 10.9 Å². The smallest absolute Gasteiger partial charge is 0.255 e. The van der Waals surface area contributed by atoms with E-state index in [1.165, 1.54) is 12.1 Å². The molecular weight excluding hydrogens is 455 g/mol. The van der Waals surface area contributed by atoms with Crippen molar-refractivity contribution in [1.29, 1.82) is 0 Å². The molecule has 0 spiro atoms. The summed E-state index contributed by atoms with van der Waals surface area (Å²) in [6, 6.07) is 11.8. The number of benzene rings is 2. The fourth-order valence-corrected chi connectivity index (χ4v) is 4.48. The number of hydrogen-bond acceptors (Lipinski definition) is 3. The molecule has 2 aromatic carbocycles. The van der Waals surface area contributed by atoms with E-state index in [1.54, 1.807) is 4.57 Å². The number of carbonyl (C=O) groups excluding carboxylic acids is 1. The Bertz CT molecular complexity index is 1450. The van der Waals surface area contributed by atoms with Gasteiger partial charge in [-0.1, -0.05) is 29.3 Å². The number of rotatable bonds is 6. The van der Waals surface area contributed by atoms with Crippen LogP contribution in [0.4, 0.5) is 10.1 Å². The van der Waals surface area contributed by atoms with Crippen LogP contribution in [0.3, 0.4) is 0 Å². The molecule has 0 aliphatic rings. The molecule has 0 unspecified atom stereocenters. The van der Waals surface area contributed by atoms with Crippen LogP contribution in [-0.2, 0) is 17.8 Å². The summed E-state index contributed by atoms with van der Waals surface area (Å²) in [5.74, 6) is -0.781. The Balaban J connectivity index is 1.70. The molecule has 1 amide bonds. The number of nitrogens with zero attached hydrogens (tertiary/aromatic N) is 3. The molecule has 34 heavy (non-hydrogen) atoms. The first-order chi connectivity index (χ1) is 16.2. The first-order valence-corrected chi connectivity index (χ1v) is 11.5. The molecule has 4 aromatic rings. The van der Waals surface area contributed by atoms with Crippen molar-refractivity contribution in [3.63, 3.8) is 0 Å². The van der Waals surface area contributed by atoms with E-state index in [9.17, 15) is 14.0 Å². The topological polar surface area (TPSA) is 68.9 Å². The summed E-state index contributed by atoms with van der Waals surface area (Å²) in [6.07, 6.45) is 0.352. The van der Waals surface area contributed by atoms with Gasteiger partial charge in [0, 0.05) is 23.9 Å². The van der Waals surface area contributed by atoms with E-state index in [4.69, 9.17) is 16.7 Å². The number of aromatic nitrogens is 3. The molecule has 0 atom stereocenters. The van der Waals surface area contributed by atoms with Crippen molar-refractivity contribution >= 4 is 34.2 Å². The van der Waals surface area contributed by atoms with Gasteiger partial charge in [-0.3, -0.25) is 14.2 Å². The Morgan fingerprint density at radius 2 is 1.82 bits per heavy atom. The van der Waals surface area contributed by atoms with Crippen molar-refractivity contribution in [3.05, 3.63) is 86.0 Å². The van der Waals surface area contributed by atoms with Gasteiger partial charge in [0.2, 0.25) is 5.91 Å². The molecule has 0 fully saturated rings.